The normalized spacial score (nSPS) is 16.8. The number of fused-ring (bicyclic) bond motifs is 2. The standard InChI is InChI=1S/C25H27F3N6O2/c26-25(27,28)8-9-29-24-30-14-19-18(3-1-2-4-21(19)33-24)16-5-10-34-22(13-16)20(15-31-34)23(35)32-17-6-11-36-12-7-17/h3,5,10,13-15,17H,1-2,4,6-9,11-12H2,(H,32,35)(H,29,30,33). The number of carbonyl (C=O) groups excluding carboxylic acids is 1. The van der Waals surface area contributed by atoms with Gasteiger partial charge in [0, 0.05) is 43.8 Å². The van der Waals surface area contributed by atoms with E-state index in [4.69, 9.17) is 4.74 Å². The Morgan fingerprint density at radius 1 is 1.22 bits per heavy atom. The van der Waals surface area contributed by atoms with Crippen LogP contribution in [-0.4, -0.2) is 57.5 Å². The van der Waals surface area contributed by atoms with Gasteiger partial charge < -0.3 is 15.4 Å². The minimum Gasteiger partial charge on any atom is -0.381 e. The lowest BCUT2D eigenvalue weighted by Crippen LogP contribution is -2.38. The van der Waals surface area contributed by atoms with Crippen LogP contribution in [0.1, 0.15) is 59.3 Å². The van der Waals surface area contributed by atoms with Gasteiger partial charge in [0.2, 0.25) is 5.95 Å². The molecular weight excluding hydrogens is 473 g/mol. The van der Waals surface area contributed by atoms with Gasteiger partial charge in [-0.2, -0.15) is 18.3 Å². The van der Waals surface area contributed by atoms with Crippen molar-refractivity contribution in [1.29, 1.82) is 0 Å². The lowest BCUT2D eigenvalue weighted by molar-refractivity contribution is -0.131. The number of allylic oxidation sites excluding steroid dienone is 1. The van der Waals surface area contributed by atoms with Crippen molar-refractivity contribution in [2.45, 2.75) is 50.7 Å². The lowest BCUT2D eigenvalue weighted by atomic mass is 9.98. The van der Waals surface area contributed by atoms with E-state index >= 15 is 0 Å². The Kier molecular flexibility index (Phi) is 6.90. The highest BCUT2D eigenvalue weighted by Crippen LogP contribution is 2.31. The number of hydrogen-bond acceptors (Lipinski definition) is 6. The number of rotatable bonds is 6. The fourth-order valence-corrected chi connectivity index (χ4v) is 4.56. The van der Waals surface area contributed by atoms with Crippen molar-refractivity contribution in [2.24, 2.45) is 0 Å². The minimum atomic E-state index is -4.23. The smallest absolute Gasteiger partial charge is 0.381 e. The second-order valence-corrected chi connectivity index (χ2v) is 9.02. The molecule has 0 atom stereocenters. The van der Waals surface area contributed by atoms with E-state index in [0.29, 0.717) is 30.7 Å². The van der Waals surface area contributed by atoms with Gasteiger partial charge in [0.25, 0.3) is 5.91 Å². The molecule has 1 aliphatic carbocycles. The van der Waals surface area contributed by atoms with Crippen LogP contribution in [0.15, 0.2) is 36.8 Å². The first-order valence-electron chi connectivity index (χ1n) is 12.1. The number of anilines is 1. The van der Waals surface area contributed by atoms with Crippen molar-refractivity contribution < 1.29 is 22.7 Å². The molecule has 0 radical (unpaired) electrons. The number of hydrogen-bond donors (Lipinski definition) is 2. The summed E-state index contributed by atoms with van der Waals surface area (Å²) in [6.45, 7) is 1.000. The number of aromatic nitrogens is 4. The van der Waals surface area contributed by atoms with Crippen molar-refractivity contribution in [3.05, 3.63) is 59.2 Å². The summed E-state index contributed by atoms with van der Waals surface area (Å²) >= 11 is 0. The number of carbonyl (C=O) groups is 1. The highest BCUT2D eigenvalue weighted by molar-refractivity contribution is 6.01. The molecule has 0 spiro atoms. The largest absolute Gasteiger partial charge is 0.390 e. The van der Waals surface area contributed by atoms with E-state index in [1.807, 2.05) is 18.3 Å². The Hall–Kier alpha value is -3.47. The monoisotopic (exact) mass is 500 g/mol. The van der Waals surface area contributed by atoms with Crippen molar-refractivity contribution in [3.63, 3.8) is 0 Å². The van der Waals surface area contributed by atoms with E-state index < -0.39 is 12.6 Å². The van der Waals surface area contributed by atoms with E-state index in [9.17, 15) is 18.0 Å². The molecule has 1 fully saturated rings. The van der Waals surface area contributed by atoms with Crippen LogP contribution in [0.3, 0.4) is 0 Å². The van der Waals surface area contributed by atoms with Crippen LogP contribution in [0.5, 0.6) is 0 Å². The summed E-state index contributed by atoms with van der Waals surface area (Å²) in [7, 11) is 0. The number of halogens is 3. The predicted octanol–water partition coefficient (Wildman–Crippen LogP) is 4.17. The maximum Gasteiger partial charge on any atom is 0.390 e. The molecule has 3 aromatic rings. The van der Waals surface area contributed by atoms with Gasteiger partial charge in [-0.25, -0.2) is 14.5 Å². The first-order chi connectivity index (χ1) is 17.4. The Labute approximate surface area is 206 Å². The second-order valence-electron chi connectivity index (χ2n) is 9.02. The summed E-state index contributed by atoms with van der Waals surface area (Å²) in [6.07, 6.45) is 5.94. The molecule has 11 heteroatoms. The lowest BCUT2D eigenvalue weighted by Gasteiger charge is -2.22. The Balaban J connectivity index is 1.40. The van der Waals surface area contributed by atoms with Gasteiger partial charge in [-0.1, -0.05) is 6.08 Å². The molecule has 0 saturated carbocycles. The third-order valence-corrected chi connectivity index (χ3v) is 6.45. The molecule has 36 heavy (non-hydrogen) atoms. The molecule has 0 unspecified atom stereocenters. The first kappa shape index (κ1) is 24.2. The maximum absolute atomic E-state index is 13.0. The van der Waals surface area contributed by atoms with E-state index in [0.717, 1.165) is 48.1 Å². The SMILES string of the molecule is O=C(NC1CCOCC1)c1cnn2ccc(C3=CCCCc4nc(NCCC(F)(F)F)ncc43)cc12. The van der Waals surface area contributed by atoms with E-state index in [-0.39, 0.29) is 24.4 Å². The van der Waals surface area contributed by atoms with Gasteiger partial charge in [0.05, 0.1) is 29.4 Å². The fraction of sp³-hybridized carbons (Fsp3) is 0.440. The number of ether oxygens (including phenoxy) is 1. The molecule has 190 valence electrons. The number of nitrogens with one attached hydrogen (secondary N) is 2. The minimum absolute atomic E-state index is 0.0805. The number of nitrogens with zero attached hydrogens (tertiary/aromatic N) is 4. The van der Waals surface area contributed by atoms with Crippen LogP contribution >= 0.6 is 0 Å². The predicted molar refractivity (Wildman–Crippen MR) is 128 cm³/mol. The third kappa shape index (κ3) is 5.51. The molecule has 3 aromatic heterocycles. The molecule has 0 aromatic carbocycles. The molecule has 1 aliphatic heterocycles. The second kappa shape index (κ2) is 10.3. The summed E-state index contributed by atoms with van der Waals surface area (Å²) in [5, 5.41) is 10.1. The van der Waals surface area contributed by atoms with Gasteiger partial charge in [-0.3, -0.25) is 4.79 Å². The molecule has 8 nitrogen and oxygen atoms in total. The van der Waals surface area contributed by atoms with E-state index in [1.165, 1.54) is 0 Å². The molecule has 1 saturated heterocycles. The molecule has 0 bridgehead atoms. The summed E-state index contributed by atoms with van der Waals surface area (Å²) < 4.78 is 44.5. The highest BCUT2D eigenvalue weighted by Gasteiger charge is 2.26. The topological polar surface area (TPSA) is 93.4 Å². The Morgan fingerprint density at radius 3 is 2.86 bits per heavy atom. The van der Waals surface area contributed by atoms with Gasteiger partial charge in [0.15, 0.2) is 0 Å². The molecular formula is C25H27F3N6O2. The number of pyridine rings is 1. The average molecular weight is 501 g/mol. The van der Waals surface area contributed by atoms with Crippen LogP contribution in [-0.2, 0) is 11.2 Å². The van der Waals surface area contributed by atoms with Gasteiger partial charge >= 0.3 is 6.18 Å². The van der Waals surface area contributed by atoms with Crippen molar-refractivity contribution >= 4 is 22.9 Å². The number of amides is 1. The van der Waals surface area contributed by atoms with Crippen LogP contribution in [0, 0.1) is 0 Å². The maximum atomic E-state index is 13.0. The highest BCUT2D eigenvalue weighted by atomic mass is 19.4. The summed E-state index contributed by atoms with van der Waals surface area (Å²) in [4.78, 5) is 21.8. The zero-order chi connectivity index (χ0) is 25.1. The van der Waals surface area contributed by atoms with Gasteiger partial charge in [-0.15, -0.1) is 0 Å². The van der Waals surface area contributed by atoms with Gasteiger partial charge in [0.1, 0.15) is 0 Å². The molecule has 5 rings (SSSR count). The van der Waals surface area contributed by atoms with Crippen molar-refractivity contribution in [2.75, 3.05) is 25.1 Å². The zero-order valence-corrected chi connectivity index (χ0v) is 19.6. The summed E-state index contributed by atoms with van der Waals surface area (Å²) in [6, 6.07) is 3.94. The van der Waals surface area contributed by atoms with Crippen molar-refractivity contribution in [1.82, 2.24) is 24.9 Å². The molecule has 2 aliphatic rings. The average Bonchev–Trinajstić information content (AvgIpc) is 3.16. The number of alkyl halides is 3. The zero-order valence-electron chi connectivity index (χ0n) is 19.6. The quantitative estimate of drug-likeness (QED) is 0.528. The van der Waals surface area contributed by atoms with Crippen LogP contribution in [0.2, 0.25) is 0 Å². The molecule has 2 N–H and O–H groups in total. The third-order valence-electron chi connectivity index (χ3n) is 6.45. The fourth-order valence-electron chi connectivity index (χ4n) is 4.56. The molecule has 1 amide bonds. The van der Waals surface area contributed by atoms with Gasteiger partial charge in [-0.05, 0) is 55.4 Å². The van der Waals surface area contributed by atoms with Crippen molar-refractivity contribution in [3.8, 4) is 0 Å². The summed E-state index contributed by atoms with van der Waals surface area (Å²) in [5.74, 6) is 0.0276. The Bertz CT molecular complexity index is 1280. The van der Waals surface area contributed by atoms with Crippen LogP contribution in [0.25, 0.3) is 11.1 Å². The van der Waals surface area contributed by atoms with Crippen LogP contribution in [0.4, 0.5) is 19.1 Å². The summed E-state index contributed by atoms with van der Waals surface area (Å²) in [5.41, 5.74) is 4.64. The van der Waals surface area contributed by atoms with Crippen LogP contribution < -0.4 is 10.6 Å². The molecule has 4 heterocycles. The Morgan fingerprint density at radius 2 is 2.06 bits per heavy atom. The van der Waals surface area contributed by atoms with E-state index in [2.05, 4.69) is 31.8 Å². The first-order valence-corrected chi connectivity index (χ1v) is 12.1. The number of aryl methyl sites for hydroxylation is 1. The van der Waals surface area contributed by atoms with E-state index in [1.54, 1.807) is 16.9 Å².